The summed E-state index contributed by atoms with van der Waals surface area (Å²) < 4.78 is 3.70. The zero-order chi connectivity index (χ0) is 25.0. The number of rotatable bonds is 3. The SMILES string of the molecule is CC(C)(C)c1ccc2c(c1)[CH]([Zr](=[CH]c1ccc(Cl)cc1)[CH]1C=CC=C1)c1cc(C(C)(C)C)ccc1-2. The Bertz CT molecular complexity index is 1280. The van der Waals surface area contributed by atoms with Crippen molar-refractivity contribution < 1.29 is 21.3 Å². The quantitative estimate of drug-likeness (QED) is 0.301. The fraction of sp³-hybridized carbons (Fsp3) is 0.303. The first-order chi connectivity index (χ1) is 16.5. The summed E-state index contributed by atoms with van der Waals surface area (Å²) in [5.41, 5.74) is 10.4. The van der Waals surface area contributed by atoms with Crippen LogP contribution in [-0.4, -0.2) is 3.71 Å². The fourth-order valence-electron chi connectivity index (χ4n) is 5.33. The Morgan fingerprint density at radius 1 is 0.686 bits per heavy atom. The van der Waals surface area contributed by atoms with Crippen LogP contribution in [0.2, 0.25) is 8.65 Å². The van der Waals surface area contributed by atoms with Crippen molar-refractivity contribution in [1.29, 1.82) is 0 Å². The van der Waals surface area contributed by atoms with Gasteiger partial charge < -0.3 is 0 Å². The molecule has 3 aromatic carbocycles. The predicted molar refractivity (Wildman–Crippen MR) is 150 cm³/mol. The molecule has 0 bridgehead atoms. The molecule has 0 saturated carbocycles. The molecule has 0 aliphatic heterocycles. The molecule has 2 heteroatoms. The molecule has 3 aromatic rings. The van der Waals surface area contributed by atoms with Crippen molar-refractivity contribution in [1.82, 2.24) is 0 Å². The number of hydrogen-bond donors (Lipinski definition) is 0. The van der Waals surface area contributed by atoms with E-state index in [-0.39, 0.29) is 10.8 Å². The van der Waals surface area contributed by atoms with Crippen LogP contribution in [0.25, 0.3) is 11.1 Å². The molecule has 0 aromatic heterocycles. The normalized spacial score (nSPS) is 16.1. The molecule has 0 spiro atoms. The average molecular weight is 558 g/mol. The fourth-order valence-corrected chi connectivity index (χ4v) is 13.3. The molecule has 0 fully saturated rings. The van der Waals surface area contributed by atoms with E-state index >= 15 is 0 Å². The van der Waals surface area contributed by atoms with Crippen LogP contribution < -0.4 is 0 Å². The molecule has 0 nitrogen and oxygen atoms in total. The average Bonchev–Trinajstić information content (AvgIpc) is 3.43. The van der Waals surface area contributed by atoms with Crippen LogP contribution in [0.4, 0.5) is 0 Å². The van der Waals surface area contributed by atoms with Crippen molar-refractivity contribution in [2.75, 3.05) is 0 Å². The molecular formula is C33H35ClZr. The molecular weight excluding hydrogens is 523 g/mol. The van der Waals surface area contributed by atoms with Gasteiger partial charge in [-0.2, -0.15) is 0 Å². The Labute approximate surface area is 223 Å². The van der Waals surface area contributed by atoms with Gasteiger partial charge in [-0.25, -0.2) is 0 Å². The summed E-state index contributed by atoms with van der Waals surface area (Å²) in [6.07, 6.45) is 9.38. The Morgan fingerprint density at radius 3 is 1.63 bits per heavy atom. The monoisotopic (exact) mass is 556 g/mol. The first-order valence-corrected chi connectivity index (χ1v) is 17.3. The van der Waals surface area contributed by atoms with Crippen molar-refractivity contribution in [3.8, 4) is 11.1 Å². The van der Waals surface area contributed by atoms with Gasteiger partial charge in [0, 0.05) is 0 Å². The van der Waals surface area contributed by atoms with E-state index in [4.69, 9.17) is 11.6 Å². The third-order valence-electron chi connectivity index (χ3n) is 7.42. The van der Waals surface area contributed by atoms with Gasteiger partial charge in [-0.05, 0) is 0 Å². The second-order valence-corrected chi connectivity index (χ2v) is 18.7. The van der Waals surface area contributed by atoms with E-state index in [0.717, 1.165) is 5.02 Å². The van der Waals surface area contributed by atoms with E-state index in [1.54, 1.807) is 11.1 Å². The molecule has 0 amide bonds. The van der Waals surface area contributed by atoms with E-state index in [1.807, 2.05) is 12.1 Å². The molecule has 178 valence electrons. The van der Waals surface area contributed by atoms with Crippen LogP contribution in [-0.2, 0) is 32.1 Å². The second-order valence-electron chi connectivity index (χ2n) is 12.0. The summed E-state index contributed by atoms with van der Waals surface area (Å²) in [5, 5.41) is 0.800. The van der Waals surface area contributed by atoms with Crippen molar-refractivity contribution in [3.05, 3.63) is 118 Å². The topological polar surface area (TPSA) is 0 Å². The predicted octanol–water partition coefficient (Wildman–Crippen LogP) is 9.39. The van der Waals surface area contributed by atoms with E-state index in [1.165, 1.54) is 27.8 Å². The molecule has 0 radical (unpaired) electrons. The molecule has 0 heterocycles. The number of halogens is 1. The maximum absolute atomic E-state index is 6.24. The summed E-state index contributed by atoms with van der Waals surface area (Å²) in [6, 6.07) is 23.0. The molecule has 2 aliphatic carbocycles. The van der Waals surface area contributed by atoms with E-state index in [9.17, 15) is 0 Å². The van der Waals surface area contributed by atoms with Gasteiger partial charge >= 0.3 is 225 Å². The van der Waals surface area contributed by atoms with Crippen LogP contribution >= 0.6 is 11.6 Å². The van der Waals surface area contributed by atoms with Crippen LogP contribution in [0.5, 0.6) is 0 Å². The summed E-state index contributed by atoms with van der Waals surface area (Å²) in [7, 11) is 0. The van der Waals surface area contributed by atoms with E-state index in [0.29, 0.717) is 7.25 Å². The van der Waals surface area contributed by atoms with Crippen LogP contribution in [0.15, 0.2) is 85.0 Å². The van der Waals surface area contributed by atoms with Gasteiger partial charge in [-0.3, -0.25) is 0 Å². The Kier molecular flexibility index (Phi) is 6.57. The summed E-state index contributed by atoms with van der Waals surface area (Å²) in [6.45, 7) is 13.9. The zero-order valence-corrected chi connectivity index (χ0v) is 24.9. The van der Waals surface area contributed by atoms with Gasteiger partial charge in [0.2, 0.25) is 0 Å². The third kappa shape index (κ3) is 4.92. The Morgan fingerprint density at radius 2 is 1.17 bits per heavy atom. The zero-order valence-electron chi connectivity index (χ0n) is 21.7. The minimum atomic E-state index is -2.32. The van der Waals surface area contributed by atoms with E-state index < -0.39 is 21.3 Å². The van der Waals surface area contributed by atoms with Gasteiger partial charge in [0.25, 0.3) is 0 Å². The second kappa shape index (κ2) is 9.24. The van der Waals surface area contributed by atoms with Gasteiger partial charge in [0.15, 0.2) is 0 Å². The molecule has 0 N–H and O–H groups in total. The third-order valence-corrected chi connectivity index (χ3v) is 15.3. The molecule has 35 heavy (non-hydrogen) atoms. The Hall–Kier alpha value is -1.82. The van der Waals surface area contributed by atoms with Crippen LogP contribution in [0.3, 0.4) is 0 Å². The number of benzene rings is 3. The minimum absolute atomic E-state index is 0.126. The molecule has 0 unspecified atom stereocenters. The first-order valence-electron chi connectivity index (χ1n) is 12.6. The Balaban J connectivity index is 1.77. The van der Waals surface area contributed by atoms with Gasteiger partial charge in [0.1, 0.15) is 0 Å². The van der Waals surface area contributed by atoms with Crippen molar-refractivity contribution in [3.63, 3.8) is 0 Å². The number of allylic oxidation sites excluding steroid dienone is 4. The van der Waals surface area contributed by atoms with Crippen LogP contribution in [0, 0.1) is 0 Å². The number of hydrogen-bond acceptors (Lipinski definition) is 0. The van der Waals surface area contributed by atoms with Crippen molar-refractivity contribution in [2.45, 2.75) is 59.6 Å². The van der Waals surface area contributed by atoms with Crippen molar-refractivity contribution in [2.24, 2.45) is 0 Å². The molecule has 5 rings (SSSR count). The van der Waals surface area contributed by atoms with Gasteiger partial charge in [-0.15, -0.1) is 0 Å². The first kappa shape index (κ1) is 24.9. The van der Waals surface area contributed by atoms with Gasteiger partial charge in [-0.1, -0.05) is 0 Å². The maximum atomic E-state index is 6.24. The molecule has 2 aliphatic rings. The molecule has 0 saturated heterocycles. The summed E-state index contributed by atoms with van der Waals surface area (Å²) >= 11 is 3.92. The van der Waals surface area contributed by atoms with Gasteiger partial charge in [0.05, 0.1) is 0 Å². The standard InChI is InChI=1S/C21H25.C7H5Cl.C5H5.Zr/c1-20(2,3)16-7-9-18-14(12-16)11-15-13-17(21(4,5)6)8-10-19(15)18;1-6-2-4-7(8)5-3-6;1-2-4-5-3-1;/h7-13H,1-6H3;1-5H;1-5H;. The molecule has 0 atom stereocenters. The van der Waals surface area contributed by atoms with E-state index in [2.05, 4.69) is 118 Å². The summed E-state index contributed by atoms with van der Waals surface area (Å²) in [5.74, 6) is 0. The van der Waals surface area contributed by atoms with Crippen molar-refractivity contribution >= 4 is 15.3 Å². The summed E-state index contributed by atoms with van der Waals surface area (Å²) in [4.78, 5) is 0. The number of fused-ring (bicyclic) bond motifs is 3. The van der Waals surface area contributed by atoms with Crippen LogP contribution in [0.1, 0.15) is 73.0 Å².